The summed E-state index contributed by atoms with van der Waals surface area (Å²) in [6.07, 6.45) is 2.46. The van der Waals surface area contributed by atoms with E-state index in [-0.39, 0.29) is 11.6 Å². The Kier molecular flexibility index (Phi) is 5.58. The SMILES string of the molecule is CCCC[C@H](N)C(=O)Nc1c(F)cccc1Br. The molecule has 0 aliphatic rings. The molecule has 0 unspecified atom stereocenters. The molecule has 1 rings (SSSR count). The minimum absolute atomic E-state index is 0.143. The first-order valence-corrected chi connectivity index (χ1v) is 6.36. The number of amides is 1. The molecule has 3 N–H and O–H groups in total. The number of hydrogen-bond acceptors (Lipinski definition) is 2. The summed E-state index contributed by atoms with van der Waals surface area (Å²) in [4.78, 5) is 11.7. The topological polar surface area (TPSA) is 55.1 Å². The standard InChI is InChI=1S/C12H16BrFN2O/c1-2-3-7-10(15)12(17)16-11-8(13)5-4-6-9(11)14/h4-6,10H,2-3,7,15H2,1H3,(H,16,17)/t10-/m0/s1. The first-order valence-electron chi connectivity index (χ1n) is 5.56. The van der Waals surface area contributed by atoms with Gasteiger partial charge in [0.05, 0.1) is 11.7 Å². The summed E-state index contributed by atoms with van der Waals surface area (Å²) in [5.74, 6) is -0.834. The zero-order valence-electron chi connectivity index (χ0n) is 9.67. The molecule has 0 saturated carbocycles. The predicted molar refractivity (Wildman–Crippen MR) is 70.2 cm³/mol. The van der Waals surface area contributed by atoms with E-state index >= 15 is 0 Å². The van der Waals surface area contributed by atoms with Crippen molar-refractivity contribution in [2.24, 2.45) is 5.73 Å². The molecule has 0 heterocycles. The van der Waals surface area contributed by atoms with E-state index in [1.165, 1.54) is 6.07 Å². The van der Waals surface area contributed by atoms with Crippen LogP contribution in [0.1, 0.15) is 26.2 Å². The fourth-order valence-electron chi connectivity index (χ4n) is 1.39. The van der Waals surface area contributed by atoms with Crippen LogP contribution in [0.25, 0.3) is 0 Å². The average molecular weight is 303 g/mol. The number of unbranched alkanes of at least 4 members (excludes halogenated alkanes) is 1. The first kappa shape index (κ1) is 14.1. The van der Waals surface area contributed by atoms with Crippen molar-refractivity contribution in [3.05, 3.63) is 28.5 Å². The van der Waals surface area contributed by atoms with Crippen molar-refractivity contribution in [1.29, 1.82) is 0 Å². The smallest absolute Gasteiger partial charge is 0.241 e. The van der Waals surface area contributed by atoms with Gasteiger partial charge in [-0.3, -0.25) is 4.79 Å². The summed E-state index contributed by atoms with van der Waals surface area (Å²) in [5.41, 5.74) is 5.84. The van der Waals surface area contributed by atoms with Crippen LogP contribution in [0.5, 0.6) is 0 Å². The van der Waals surface area contributed by atoms with Gasteiger partial charge >= 0.3 is 0 Å². The second-order valence-corrected chi connectivity index (χ2v) is 4.69. The first-order chi connectivity index (χ1) is 8.06. The zero-order valence-corrected chi connectivity index (χ0v) is 11.3. The lowest BCUT2D eigenvalue weighted by molar-refractivity contribution is -0.117. The summed E-state index contributed by atoms with van der Waals surface area (Å²) in [6.45, 7) is 2.03. The van der Waals surface area contributed by atoms with E-state index < -0.39 is 11.9 Å². The molecule has 1 atom stereocenters. The van der Waals surface area contributed by atoms with Gasteiger partial charge < -0.3 is 11.1 Å². The highest BCUT2D eigenvalue weighted by Gasteiger charge is 2.16. The van der Waals surface area contributed by atoms with Crippen molar-refractivity contribution >= 4 is 27.5 Å². The summed E-state index contributed by atoms with van der Waals surface area (Å²) in [5, 5.41) is 2.50. The van der Waals surface area contributed by atoms with Crippen LogP contribution in [-0.2, 0) is 4.79 Å². The number of nitrogens with two attached hydrogens (primary N) is 1. The van der Waals surface area contributed by atoms with Crippen LogP contribution in [0.4, 0.5) is 10.1 Å². The molecule has 0 aliphatic heterocycles. The maximum Gasteiger partial charge on any atom is 0.241 e. The third-order valence-electron chi connectivity index (χ3n) is 2.42. The summed E-state index contributed by atoms with van der Waals surface area (Å²) in [7, 11) is 0. The summed E-state index contributed by atoms with van der Waals surface area (Å²) >= 11 is 3.18. The Morgan fingerprint density at radius 2 is 2.29 bits per heavy atom. The molecule has 94 valence electrons. The Labute approximate surface area is 109 Å². The largest absolute Gasteiger partial charge is 0.321 e. The molecule has 3 nitrogen and oxygen atoms in total. The maximum absolute atomic E-state index is 13.4. The molecular weight excluding hydrogens is 287 g/mol. The number of anilines is 1. The van der Waals surface area contributed by atoms with Crippen molar-refractivity contribution in [2.45, 2.75) is 32.2 Å². The quantitative estimate of drug-likeness (QED) is 0.878. The molecule has 0 aliphatic carbocycles. The third-order valence-corrected chi connectivity index (χ3v) is 3.08. The van der Waals surface area contributed by atoms with Crippen molar-refractivity contribution < 1.29 is 9.18 Å². The third kappa shape index (κ3) is 4.09. The number of benzene rings is 1. The predicted octanol–water partition coefficient (Wildman–Crippen LogP) is 3.04. The van der Waals surface area contributed by atoms with Crippen molar-refractivity contribution in [3.63, 3.8) is 0 Å². The van der Waals surface area contributed by atoms with Crippen LogP contribution in [0, 0.1) is 5.82 Å². The molecular formula is C12H16BrFN2O. The molecule has 1 aromatic rings. The number of carbonyl (C=O) groups is 1. The van der Waals surface area contributed by atoms with Gasteiger partial charge in [0.1, 0.15) is 5.82 Å². The maximum atomic E-state index is 13.4. The van der Waals surface area contributed by atoms with Gasteiger partial charge in [-0.25, -0.2) is 4.39 Å². The Balaban J connectivity index is 2.68. The van der Waals surface area contributed by atoms with E-state index in [4.69, 9.17) is 5.73 Å². The van der Waals surface area contributed by atoms with E-state index in [1.807, 2.05) is 6.92 Å². The fourth-order valence-corrected chi connectivity index (χ4v) is 1.83. The van der Waals surface area contributed by atoms with Crippen molar-refractivity contribution in [2.75, 3.05) is 5.32 Å². The molecule has 5 heteroatoms. The second kappa shape index (κ2) is 6.71. The highest BCUT2D eigenvalue weighted by molar-refractivity contribution is 9.10. The second-order valence-electron chi connectivity index (χ2n) is 3.83. The van der Waals surface area contributed by atoms with E-state index in [9.17, 15) is 9.18 Å². The highest BCUT2D eigenvalue weighted by Crippen LogP contribution is 2.25. The van der Waals surface area contributed by atoms with E-state index in [0.717, 1.165) is 12.8 Å². The van der Waals surface area contributed by atoms with Crippen LogP contribution in [0.2, 0.25) is 0 Å². The molecule has 0 fully saturated rings. The average Bonchev–Trinajstić information content (AvgIpc) is 2.30. The summed E-state index contributed by atoms with van der Waals surface area (Å²) in [6, 6.07) is 3.92. The van der Waals surface area contributed by atoms with Gasteiger partial charge in [-0.15, -0.1) is 0 Å². The lowest BCUT2D eigenvalue weighted by Gasteiger charge is -2.13. The van der Waals surface area contributed by atoms with Gasteiger partial charge in [0.25, 0.3) is 0 Å². The monoisotopic (exact) mass is 302 g/mol. The molecule has 0 bridgehead atoms. The van der Waals surface area contributed by atoms with Crippen LogP contribution < -0.4 is 11.1 Å². The van der Waals surface area contributed by atoms with Gasteiger partial charge in [-0.1, -0.05) is 25.8 Å². The minimum Gasteiger partial charge on any atom is -0.321 e. The number of rotatable bonds is 5. The Morgan fingerprint density at radius 1 is 1.59 bits per heavy atom. The molecule has 0 radical (unpaired) electrons. The number of hydrogen-bond donors (Lipinski definition) is 2. The van der Waals surface area contributed by atoms with Gasteiger partial charge in [-0.05, 0) is 34.5 Å². The molecule has 1 amide bonds. The highest BCUT2D eigenvalue weighted by atomic mass is 79.9. The van der Waals surface area contributed by atoms with E-state index in [0.29, 0.717) is 10.9 Å². The fraction of sp³-hybridized carbons (Fsp3) is 0.417. The molecule has 0 saturated heterocycles. The van der Waals surface area contributed by atoms with Gasteiger partial charge in [-0.2, -0.15) is 0 Å². The lowest BCUT2D eigenvalue weighted by atomic mass is 10.1. The minimum atomic E-state index is -0.596. The van der Waals surface area contributed by atoms with E-state index in [1.54, 1.807) is 12.1 Å². The Bertz CT molecular complexity index is 378. The van der Waals surface area contributed by atoms with Crippen LogP contribution >= 0.6 is 15.9 Å². The van der Waals surface area contributed by atoms with Crippen molar-refractivity contribution in [3.8, 4) is 0 Å². The van der Waals surface area contributed by atoms with Crippen LogP contribution in [-0.4, -0.2) is 11.9 Å². The van der Waals surface area contributed by atoms with Gasteiger partial charge in [0.15, 0.2) is 0 Å². The molecule has 0 spiro atoms. The number of para-hydroxylation sites is 1. The zero-order chi connectivity index (χ0) is 12.8. The van der Waals surface area contributed by atoms with Gasteiger partial charge in [0.2, 0.25) is 5.91 Å². The molecule has 0 aromatic heterocycles. The normalized spacial score (nSPS) is 12.2. The van der Waals surface area contributed by atoms with Crippen LogP contribution in [0.15, 0.2) is 22.7 Å². The van der Waals surface area contributed by atoms with Crippen LogP contribution in [0.3, 0.4) is 0 Å². The number of carbonyl (C=O) groups excluding carboxylic acids is 1. The Hall–Kier alpha value is -0.940. The Morgan fingerprint density at radius 3 is 2.88 bits per heavy atom. The number of halogens is 2. The molecule has 17 heavy (non-hydrogen) atoms. The van der Waals surface area contributed by atoms with Gasteiger partial charge in [0, 0.05) is 4.47 Å². The van der Waals surface area contributed by atoms with Crippen molar-refractivity contribution in [1.82, 2.24) is 0 Å². The summed E-state index contributed by atoms with van der Waals surface area (Å²) < 4.78 is 13.9. The lowest BCUT2D eigenvalue weighted by Crippen LogP contribution is -2.35. The number of nitrogens with one attached hydrogen (secondary N) is 1. The van der Waals surface area contributed by atoms with E-state index in [2.05, 4.69) is 21.2 Å². The molecule has 1 aromatic carbocycles.